The number of hydrogen-bond donors (Lipinski definition) is 2. The molecule has 2 heterocycles. The summed E-state index contributed by atoms with van der Waals surface area (Å²) < 4.78 is 6.51. The normalized spacial score (nSPS) is 16.0. The standard InChI is InChI=1S/C19H12BrClN4O/c20-12-3-1-2-11(8-12)15-14(9-22)18(23)26-19-16(15)17(24-25-19)10-4-6-13(21)7-5-10/h1-8,15H,23H2,(H,24,25)/t15-/m0/s1. The number of nitrogens with one attached hydrogen (secondary N) is 1. The van der Waals surface area contributed by atoms with E-state index in [9.17, 15) is 5.26 Å². The topological polar surface area (TPSA) is 87.7 Å². The molecule has 1 aromatic heterocycles. The molecule has 26 heavy (non-hydrogen) atoms. The van der Waals surface area contributed by atoms with E-state index in [1.165, 1.54) is 0 Å². The number of hydrogen-bond acceptors (Lipinski definition) is 4. The Labute approximate surface area is 163 Å². The zero-order valence-corrected chi connectivity index (χ0v) is 15.7. The van der Waals surface area contributed by atoms with Gasteiger partial charge in [-0.1, -0.05) is 51.8 Å². The molecule has 0 radical (unpaired) electrons. The zero-order valence-electron chi connectivity index (χ0n) is 13.3. The van der Waals surface area contributed by atoms with Crippen molar-refractivity contribution in [2.75, 3.05) is 0 Å². The second-order valence-corrected chi connectivity index (χ2v) is 7.16. The summed E-state index contributed by atoms with van der Waals surface area (Å²) in [6.07, 6.45) is 0. The monoisotopic (exact) mass is 426 g/mol. The Morgan fingerprint density at radius 1 is 1.23 bits per heavy atom. The van der Waals surface area contributed by atoms with Crippen LogP contribution >= 0.6 is 27.5 Å². The SMILES string of the molecule is N#CC1=C(N)Oc2n[nH]c(-c3ccc(Cl)cc3)c2[C@H]1c1cccc(Br)c1. The molecule has 1 atom stereocenters. The number of ether oxygens (including phenoxy) is 1. The Kier molecular flexibility index (Phi) is 4.19. The molecular weight excluding hydrogens is 416 g/mol. The largest absolute Gasteiger partial charge is 0.420 e. The number of nitrogens with two attached hydrogens (primary N) is 1. The van der Waals surface area contributed by atoms with E-state index in [1.807, 2.05) is 36.4 Å². The van der Waals surface area contributed by atoms with Gasteiger partial charge in [-0.2, -0.15) is 5.26 Å². The van der Waals surface area contributed by atoms with Crippen molar-refractivity contribution in [2.24, 2.45) is 5.73 Å². The van der Waals surface area contributed by atoms with Gasteiger partial charge in [0.25, 0.3) is 0 Å². The van der Waals surface area contributed by atoms with Crippen LogP contribution in [0.2, 0.25) is 5.02 Å². The zero-order chi connectivity index (χ0) is 18.3. The summed E-state index contributed by atoms with van der Waals surface area (Å²) in [5.74, 6) is 0.0567. The molecular formula is C19H12BrClN4O. The Balaban J connectivity index is 1.95. The van der Waals surface area contributed by atoms with Crippen LogP contribution in [0.3, 0.4) is 0 Å². The minimum atomic E-state index is -0.384. The molecule has 0 saturated heterocycles. The molecule has 0 saturated carbocycles. The number of fused-ring (bicyclic) bond motifs is 1. The first kappa shape index (κ1) is 16.7. The van der Waals surface area contributed by atoms with Gasteiger partial charge >= 0.3 is 0 Å². The fraction of sp³-hybridized carbons (Fsp3) is 0.0526. The van der Waals surface area contributed by atoms with Crippen LogP contribution in [0.4, 0.5) is 0 Å². The summed E-state index contributed by atoms with van der Waals surface area (Å²) in [5.41, 5.74) is 9.69. The van der Waals surface area contributed by atoms with Crippen LogP contribution in [0.25, 0.3) is 11.3 Å². The number of allylic oxidation sites excluding steroid dienone is 1. The van der Waals surface area contributed by atoms with E-state index in [4.69, 9.17) is 22.1 Å². The Morgan fingerprint density at radius 3 is 2.69 bits per heavy atom. The highest BCUT2D eigenvalue weighted by Gasteiger charge is 2.35. The molecule has 128 valence electrons. The second kappa shape index (κ2) is 6.52. The highest BCUT2D eigenvalue weighted by Crippen LogP contribution is 2.45. The van der Waals surface area contributed by atoms with Crippen molar-refractivity contribution in [3.8, 4) is 23.2 Å². The van der Waals surface area contributed by atoms with Gasteiger partial charge in [-0.25, -0.2) is 0 Å². The van der Waals surface area contributed by atoms with Crippen molar-refractivity contribution in [1.82, 2.24) is 10.2 Å². The van der Waals surface area contributed by atoms with E-state index in [1.54, 1.807) is 12.1 Å². The average molecular weight is 428 g/mol. The lowest BCUT2D eigenvalue weighted by atomic mass is 9.83. The second-order valence-electron chi connectivity index (χ2n) is 5.80. The first-order chi connectivity index (χ1) is 12.6. The van der Waals surface area contributed by atoms with Crippen LogP contribution in [-0.4, -0.2) is 10.2 Å². The molecule has 2 aromatic carbocycles. The fourth-order valence-electron chi connectivity index (χ4n) is 3.10. The molecule has 1 aliphatic heterocycles. The molecule has 3 aromatic rings. The number of aromatic amines is 1. The molecule has 0 spiro atoms. The number of benzene rings is 2. The van der Waals surface area contributed by atoms with Gasteiger partial charge in [0.1, 0.15) is 11.6 Å². The predicted octanol–water partition coefficient (Wildman–Crippen LogP) is 4.71. The third-order valence-corrected chi connectivity index (χ3v) is 5.00. The molecule has 0 bridgehead atoms. The van der Waals surface area contributed by atoms with Gasteiger partial charge in [-0.05, 0) is 29.8 Å². The maximum atomic E-state index is 9.70. The molecule has 1 aliphatic rings. The van der Waals surface area contributed by atoms with Gasteiger partial charge in [0.05, 0.1) is 17.2 Å². The smallest absolute Gasteiger partial charge is 0.244 e. The van der Waals surface area contributed by atoms with Gasteiger partial charge in [-0.3, -0.25) is 5.10 Å². The predicted molar refractivity (Wildman–Crippen MR) is 102 cm³/mol. The third kappa shape index (κ3) is 2.75. The first-order valence-corrected chi connectivity index (χ1v) is 8.93. The van der Waals surface area contributed by atoms with Crippen LogP contribution in [0, 0.1) is 11.3 Å². The van der Waals surface area contributed by atoms with Crippen molar-refractivity contribution in [3.05, 3.63) is 80.6 Å². The molecule has 0 aliphatic carbocycles. The maximum Gasteiger partial charge on any atom is 0.244 e. The number of H-pyrrole nitrogens is 1. The highest BCUT2D eigenvalue weighted by atomic mass is 79.9. The summed E-state index contributed by atoms with van der Waals surface area (Å²) in [6.45, 7) is 0. The summed E-state index contributed by atoms with van der Waals surface area (Å²) in [5, 5.41) is 17.6. The summed E-state index contributed by atoms with van der Waals surface area (Å²) in [4.78, 5) is 0. The fourth-order valence-corrected chi connectivity index (χ4v) is 3.64. The van der Waals surface area contributed by atoms with Crippen LogP contribution in [0.15, 0.2) is 64.5 Å². The third-order valence-electron chi connectivity index (χ3n) is 4.25. The molecule has 3 N–H and O–H groups in total. The van der Waals surface area contributed by atoms with Crippen LogP contribution < -0.4 is 10.5 Å². The van der Waals surface area contributed by atoms with Crippen molar-refractivity contribution in [1.29, 1.82) is 5.26 Å². The lowest BCUT2D eigenvalue weighted by Gasteiger charge is -2.24. The van der Waals surface area contributed by atoms with Crippen molar-refractivity contribution >= 4 is 27.5 Å². The van der Waals surface area contributed by atoms with E-state index in [-0.39, 0.29) is 11.8 Å². The van der Waals surface area contributed by atoms with Gasteiger partial charge in [0.15, 0.2) is 0 Å². The molecule has 7 heteroatoms. The van der Waals surface area contributed by atoms with Gasteiger partial charge in [-0.15, -0.1) is 5.10 Å². The number of halogens is 2. The van der Waals surface area contributed by atoms with Gasteiger partial charge in [0.2, 0.25) is 11.8 Å². The lowest BCUT2D eigenvalue weighted by molar-refractivity contribution is 0.379. The Morgan fingerprint density at radius 2 is 2.00 bits per heavy atom. The van der Waals surface area contributed by atoms with Crippen molar-refractivity contribution < 1.29 is 4.74 Å². The summed E-state index contributed by atoms with van der Waals surface area (Å²) in [7, 11) is 0. The van der Waals surface area contributed by atoms with Crippen LogP contribution in [0.5, 0.6) is 5.88 Å². The molecule has 4 rings (SSSR count). The number of nitrogens with zero attached hydrogens (tertiary/aromatic N) is 2. The van der Waals surface area contributed by atoms with Gasteiger partial charge in [0, 0.05) is 15.1 Å². The minimum Gasteiger partial charge on any atom is -0.420 e. The number of rotatable bonds is 2. The van der Waals surface area contributed by atoms with E-state index >= 15 is 0 Å². The number of aromatic nitrogens is 2. The van der Waals surface area contributed by atoms with Crippen LogP contribution in [0.1, 0.15) is 17.0 Å². The lowest BCUT2D eigenvalue weighted by Crippen LogP contribution is -2.21. The van der Waals surface area contributed by atoms with Crippen molar-refractivity contribution in [2.45, 2.75) is 5.92 Å². The van der Waals surface area contributed by atoms with E-state index in [2.05, 4.69) is 32.2 Å². The average Bonchev–Trinajstić information content (AvgIpc) is 3.04. The Bertz CT molecular complexity index is 1070. The van der Waals surface area contributed by atoms with Crippen molar-refractivity contribution in [3.63, 3.8) is 0 Å². The molecule has 0 amide bonds. The van der Waals surface area contributed by atoms with E-state index < -0.39 is 0 Å². The number of nitriles is 1. The minimum absolute atomic E-state index is 0.0686. The molecule has 5 nitrogen and oxygen atoms in total. The first-order valence-electron chi connectivity index (χ1n) is 7.75. The highest BCUT2D eigenvalue weighted by molar-refractivity contribution is 9.10. The van der Waals surface area contributed by atoms with Crippen LogP contribution in [-0.2, 0) is 0 Å². The van der Waals surface area contributed by atoms with E-state index in [0.717, 1.165) is 26.9 Å². The summed E-state index contributed by atoms with van der Waals surface area (Å²) in [6, 6.07) is 17.3. The maximum absolute atomic E-state index is 9.70. The van der Waals surface area contributed by atoms with Gasteiger partial charge < -0.3 is 10.5 Å². The quantitative estimate of drug-likeness (QED) is 0.620. The van der Waals surface area contributed by atoms with E-state index in [0.29, 0.717) is 16.5 Å². The molecule has 0 fully saturated rings. The Hall–Kier alpha value is -2.75. The summed E-state index contributed by atoms with van der Waals surface area (Å²) >= 11 is 9.49. The molecule has 0 unspecified atom stereocenters.